The first-order valence-electron chi connectivity index (χ1n) is 7.41. The van der Waals surface area contributed by atoms with Gasteiger partial charge in [0, 0.05) is 11.1 Å². The van der Waals surface area contributed by atoms with E-state index in [1.54, 1.807) is 24.3 Å². The van der Waals surface area contributed by atoms with Gasteiger partial charge in [-0.05, 0) is 41.6 Å². The van der Waals surface area contributed by atoms with E-state index in [1.165, 1.54) is 35.3 Å². The summed E-state index contributed by atoms with van der Waals surface area (Å²) in [5.41, 5.74) is 1.79. The number of halogens is 2. The SMILES string of the molecule is Fc1ccc(-c2nc(Cn3nnc(-c4cccc(F)c4)n3)co2)cc1. The van der Waals surface area contributed by atoms with Crippen molar-refractivity contribution in [1.29, 1.82) is 0 Å². The van der Waals surface area contributed by atoms with Crippen molar-refractivity contribution in [1.82, 2.24) is 25.2 Å². The lowest BCUT2D eigenvalue weighted by Crippen LogP contribution is -2.04. The van der Waals surface area contributed by atoms with Gasteiger partial charge in [-0.15, -0.1) is 10.2 Å². The van der Waals surface area contributed by atoms with Gasteiger partial charge in [0.05, 0.1) is 0 Å². The molecule has 0 N–H and O–H groups in total. The Labute approximate surface area is 140 Å². The van der Waals surface area contributed by atoms with Gasteiger partial charge in [-0.1, -0.05) is 12.1 Å². The number of hydrogen-bond donors (Lipinski definition) is 0. The maximum Gasteiger partial charge on any atom is 0.226 e. The number of rotatable bonds is 4. The average Bonchev–Trinajstić information content (AvgIpc) is 3.26. The predicted molar refractivity (Wildman–Crippen MR) is 84.2 cm³/mol. The molecule has 0 saturated carbocycles. The summed E-state index contributed by atoms with van der Waals surface area (Å²) in [5, 5.41) is 12.1. The molecular weight excluding hydrogens is 328 g/mol. The summed E-state index contributed by atoms with van der Waals surface area (Å²) in [6.45, 7) is 0.243. The number of hydrogen-bond acceptors (Lipinski definition) is 5. The predicted octanol–water partition coefficient (Wildman–Crippen LogP) is 3.32. The van der Waals surface area contributed by atoms with Crippen molar-refractivity contribution in [2.45, 2.75) is 6.54 Å². The lowest BCUT2D eigenvalue weighted by atomic mass is 10.2. The van der Waals surface area contributed by atoms with Crippen LogP contribution in [0, 0.1) is 11.6 Å². The minimum absolute atomic E-state index is 0.243. The first-order chi connectivity index (χ1) is 12.2. The fraction of sp³-hybridized carbons (Fsp3) is 0.0588. The van der Waals surface area contributed by atoms with Gasteiger partial charge in [-0.25, -0.2) is 13.8 Å². The van der Waals surface area contributed by atoms with Gasteiger partial charge < -0.3 is 4.42 Å². The van der Waals surface area contributed by atoms with Crippen molar-refractivity contribution in [2.24, 2.45) is 0 Å². The van der Waals surface area contributed by atoms with Crippen molar-refractivity contribution < 1.29 is 13.2 Å². The van der Waals surface area contributed by atoms with Gasteiger partial charge in [-0.2, -0.15) is 4.80 Å². The zero-order valence-electron chi connectivity index (χ0n) is 12.8. The molecule has 6 nitrogen and oxygen atoms in total. The van der Waals surface area contributed by atoms with Crippen LogP contribution < -0.4 is 0 Å². The van der Waals surface area contributed by atoms with Crippen LogP contribution in [0.25, 0.3) is 22.8 Å². The van der Waals surface area contributed by atoms with Crippen LogP contribution in [0.15, 0.2) is 59.2 Å². The first kappa shape index (κ1) is 15.1. The Morgan fingerprint density at radius 2 is 1.80 bits per heavy atom. The highest BCUT2D eigenvalue weighted by Crippen LogP contribution is 2.19. The molecule has 0 spiro atoms. The Hall–Kier alpha value is -3.42. The highest BCUT2D eigenvalue weighted by Gasteiger charge is 2.11. The normalized spacial score (nSPS) is 11.0. The van der Waals surface area contributed by atoms with E-state index < -0.39 is 0 Å². The number of tetrazole rings is 1. The highest BCUT2D eigenvalue weighted by atomic mass is 19.1. The molecule has 4 aromatic rings. The molecule has 0 saturated heterocycles. The first-order valence-corrected chi connectivity index (χ1v) is 7.41. The maximum absolute atomic E-state index is 13.3. The van der Waals surface area contributed by atoms with E-state index in [0.717, 1.165) is 0 Å². The molecular formula is C17H11F2N5O. The maximum atomic E-state index is 13.3. The molecule has 2 heterocycles. The summed E-state index contributed by atoms with van der Waals surface area (Å²) in [6, 6.07) is 11.8. The summed E-state index contributed by atoms with van der Waals surface area (Å²) in [5.74, 6) is 0.00346. The Balaban J connectivity index is 1.52. The molecule has 0 aliphatic heterocycles. The van der Waals surface area contributed by atoms with Crippen molar-refractivity contribution in [2.75, 3.05) is 0 Å². The van der Waals surface area contributed by atoms with Gasteiger partial charge >= 0.3 is 0 Å². The summed E-state index contributed by atoms with van der Waals surface area (Å²) in [6.07, 6.45) is 1.48. The van der Waals surface area contributed by atoms with E-state index >= 15 is 0 Å². The van der Waals surface area contributed by atoms with Gasteiger partial charge in [0.15, 0.2) is 0 Å². The van der Waals surface area contributed by atoms with Crippen LogP contribution in [0.4, 0.5) is 8.78 Å². The second-order valence-corrected chi connectivity index (χ2v) is 5.30. The fourth-order valence-electron chi connectivity index (χ4n) is 2.30. The van der Waals surface area contributed by atoms with E-state index in [2.05, 4.69) is 20.4 Å². The van der Waals surface area contributed by atoms with Crippen molar-refractivity contribution in [3.05, 3.63) is 72.1 Å². The molecule has 0 fully saturated rings. The van der Waals surface area contributed by atoms with Crippen LogP contribution in [0.2, 0.25) is 0 Å². The minimum atomic E-state index is -0.366. The van der Waals surface area contributed by atoms with E-state index in [-0.39, 0.29) is 18.2 Å². The molecule has 0 aliphatic rings. The minimum Gasteiger partial charge on any atom is -0.444 e. The number of aromatic nitrogens is 5. The molecule has 0 radical (unpaired) electrons. The molecule has 0 atom stereocenters. The zero-order chi connectivity index (χ0) is 17.2. The summed E-state index contributed by atoms with van der Waals surface area (Å²) in [7, 11) is 0. The molecule has 0 unspecified atom stereocenters. The molecule has 2 aromatic heterocycles. The van der Waals surface area contributed by atoms with Crippen molar-refractivity contribution >= 4 is 0 Å². The molecule has 8 heteroatoms. The van der Waals surface area contributed by atoms with Gasteiger partial charge in [0.25, 0.3) is 0 Å². The van der Waals surface area contributed by atoms with Crippen LogP contribution in [-0.2, 0) is 6.54 Å². The van der Waals surface area contributed by atoms with Gasteiger partial charge in [0.2, 0.25) is 11.7 Å². The highest BCUT2D eigenvalue weighted by molar-refractivity contribution is 5.54. The Kier molecular flexibility index (Phi) is 3.77. The topological polar surface area (TPSA) is 69.6 Å². The third-order valence-corrected chi connectivity index (χ3v) is 3.48. The third kappa shape index (κ3) is 3.27. The average molecular weight is 339 g/mol. The van der Waals surface area contributed by atoms with E-state index in [4.69, 9.17) is 4.42 Å². The number of benzene rings is 2. The van der Waals surface area contributed by atoms with Crippen LogP contribution in [0.5, 0.6) is 0 Å². The summed E-state index contributed by atoms with van der Waals surface area (Å²) >= 11 is 0. The third-order valence-electron chi connectivity index (χ3n) is 3.48. The van der Waals surface area contributed by atoms with Gasteiger partial charge in [-0.3, -0.25) is 0 Å². The largest absolute Gasteiger partial charge is 0.444 e. The van der Waals surface area contributed by atoms with E-state index in [1.807, 2.05) is 0 Å². The van der Waals surface area contributed by atoms with Gasteiger partial charge in [0.1, 0.15) is 30.1 Å². The molecule has 124 valence electrons. The smallest absolute Gasteiger partial charge is 0.226 e. The summed E-state index contributed by atoms with van der Waals surface area (Å²) < 4.78 is 31.6. The Morgan fingerprint density at radius 3 is 2.60 bits per heavy atom. The number of nitrogens with zero attached hydrogens (tertiary/aromatic N) is 5. The molecule has 0 amide bonds. The lowest BCUT2D eigenvalue weighted by Gasteiger charge is -1.95. The fourth-order valence-corrected chi connectivity index (χ4v) is 2.30. The monoisotopic (exact) mass is 339 g/mol. The Bertz CT molecular complexity index is 1010. The standard InChI is InChI=1S/C17H11F2N5O/c18-13-6-4-11(5-7-13)17-20-15(10-25-17)9-24-22-16(21-23-24)12-2-1-3-14(19)8-12/h1-8,10H,9H2. The van der Waals surface area contributed by atoms with E-state index in [0.29, 0.717) is 28.5 Å². The molecule has 0 aliphatic carbocycles. The molecule has 0 bridgehead atoms. The second-order valence-electron chi connectivity index (χ2n) is 5.30. The molecule has 4 rings (SSSR count). The van der Waals surface area contributed by atoms with Crippen LogP contribution in [0.1, 0.15) is 5.69 Å². The van der Waals surface area contributed by atoms with E-state index in [9.17, 15) is 8.78 Å². The number of oxazole rings is 1. The summed E-state index contributed by atoms with van der Waals surface area (Å²) in [4.78, 5) is 5.66. The molecule has 25 heavy (non-hydrogen) atoms. The lowest BCUT2D eigenvalue weighted by molar-refractivity contribution is 0.550. The van der Waals surface area contributed by atoms with Crippen LogP contribution >= 0.6 is 0 Å². The van der Waals surface area contributed by atoms with Crippen molar-refractivity contribution in [3.63, 3.8) is 0 Å². The van der Waals surface area contributed by atoms with Crippen LogP contribution in [0.3, 0.4) is 0 Å². The zero-order valence-corrected chi connectivity index (χ0v) is 12.8. The Morgan fingerprint density at radius 1 is 0.960 bits per heavy atom. The van der Waals surface area contributed by atoms with Crippen LogP contribution in [-0.4, -0.2) is 25.2 Å². The quantitative estimate of drug-likeness (QED) is 0.570. The second kappa shape index (κ2) is 6.23. The van der Waals surface area contributed by atoms with Crippen molar-refractivity contribution in [3.8, 4) is 22.8 Å². The molecule has 2 aromatic carbocycles.